The smallest absolute Gasteiger partial charge is 0.147 e. The molecule has 3 nitrogen and oxygen atoms in total. The fourth-order valence-electron chi connectivity index (χ4n) is 1.34. The van der Waals surface area contributed by atoms with Crippen LogP contribution in [-0.2, 0) is 9.78 Å². The summed E-state index contributed by atoms with van der Waals surface area (Å²) < 4.78 is 5.06. The van der Waals surface area contributed by atoms with Crippen molar-refractivity contribution >= 4 is 0 Å². The van der Waals surface area contributed by atoms with Crippen LogP contribution in [0.2, 0.25) is 0 Å². The van der Waals surface area contributed by atoms with Crippen molar-refractivity contribution in [2.45, 2.75) is 19.1 Å². The van der Waals surface area contributed by atoms with Gasteiger partial charge in [0.1, 0.15) is 18.0 Å². The molecule has 2 rings (SSSR count). The van der Waals surface area contributed by atoms with E-state index in [-0.39, 0.29) is 12.2 Å². The molecular weight excluding hydrogens is 168 g/mol. The molecule has 70 valence electrons. The average molecular weight is 180 g/mol. The number of hydrogen-bond acceptors (Lipinski definition) is 3. The summed E-state index contributed by atoms with van der Waals surface area (Å²) in [5.41, 5.74) is 1.12. The second-order valence-electron chi connectivity index (χ2n) is 3.09. The second kappa shape index (κ2) is 3.36. The highest BCUT2D eigenvalue weighted by Gasteiger charge is 2.31. The minimum Gasteiger partial charge on any atom is -0.497 e. The molecule has 0 radical (unpaired) electrons. The Balaban J connectivity index is 2.13. The van der Waals surface area contributed by atoms with Crippen molar-refractivity contribution in [3.8, 4) is 5.75 Å². The predicted octanol–water partition coefficient (Wildman–Crippen LogP) is 2.09. The highest BCUT2D eigenvalue weighted by molar-refractivity contribution is 5.29. The topological polar surface area (TPSA) is 27.7 Å². The van der Waals surface area contributed by atoms with E-state index >= 15 is 0 Å². The first kappa shape index (κ1) is 8.53. The van der Waals surface area contributed by atoms with Crippen molar-refractivity contribution in [3.05, 3.63) is 29.8 Å². The van der Waals surface area contributed by atoms with Crippen LogP contribution in [0.4, 0.5) is 0 Å². The van der Waals surface area contributed by atoms with Crippen molar-refractivity contribution in [1.82, 2.24) is 0 Å². The highest BCUT2D eigenvalue weighted by Crippen LogP contribution is 2.32. The third kappa shape index (κ3) is 1.53. The van der Waals surface area contributed by atoms with E-state index in [2.05, 4.69) is 0 Å². The molecule has 0 saturated carbocycles. The van der Waals surface area contributed by atoms with Crippen molar-refractivity contribution < 1.29 is 14.5 Å². The van der Waals surface area contributed by atoms with E-state index in [9.17, 15) is 0 Å². The normalized spacial score (nSPS) is 26.6. The van der Waals surface area contributed by atoms with E-state index in [1.165, 1.54) is 0 Å². The minimum absolute atomic E-state index is 0.0749. The summed E-state index contributed by atoms with van der Waals surface area (Å²) in [5.74, 6) is 0.858. The highest BCUT2D eigenvalue weighted by atomic mass is 17.2. The summed E-state index contributed by atoms with van der Waals surface area (Å²) in [7, 11) is 1.65. The molecule has 1 heterocycles. The average Bonchev–Trinajstić information content (AvgIpc) is 2.17. The van der Waals surface area contributed by atoms with Crippen molar-refractivity contribution in [1.29, 1.82) is 0 Å². The van der Waals surface area contributed by atoms with Gasteiger partial charge in [-0.2, -0.15) is 0 Å². The molecule has 2 atom stereocenters. The molecule has 1 fully saturated rings. The van der Waals surface area contributed by atoms with E-state index in [0.717, 1.165) is 11.3 Å². The van der Waals surface area contributed by atoms with Crippen LogP contribution in [0.15, 0.2) is 24.3 Å². The molecule has 0 aromatic heterocycles. The Morgan fingerprint density at radius 2 is 1.85 bits per heavy atom. The molecule has 0 N–H and O–H groups in total. The quantitative estimate of drug-likeness (QED) is 0.652. The lowest BCUT2D eigenvalue weighted by molar-refractivity contribution is -0.465. The standard InChI is InChI=1S/C10H12O3/c1-7-10(13-12-7)8-3-5-9(11-2)6-4-8/h3-7,10H,1-2H3. The van der Waals surface area contributed by atoms with Crippen LogP contribution in [-0.4, -0.2) is 13.2 Å². The van der Waals surface area contributed by atoms with Gasteiger partial charge in [-0.3, -0.25) is 0 Å². The molecule has 1 aromatic rings. The Bertz CT molecular complexity index is 281. The van der Waals surface area contributed by atoms with Crippen molar-refractivity contribution in [3.63, 3.8) is 0 Å². The van der Waals surface area contributed by atoms with Crippen LogP contribution in [0.1, 0.15) is 18.6 Å². The third-order valence-corrected chi connectivity index (χ3v) is 2.18. The van der Waals surface area contributed by atoms with Gasteiger partial charge in [0.15, 0.2) is 0 Å². The SMILES string of the molecule is COc1ccc(C2OOC2C)cc1. The number of rotatable bonds is 2. The Labute approximate surface area is 77.2 Å². The third-order valence-electron chi connectivity index (χ3n) is 2.18. The van der Waals surface area contributed by atoms with E-state index in [1.54, 1.807) is 7.11 Å². The molecule has 1 aromatic carbocycles. The minimum atomic E-state index is 0.0749. The van der Waals surface area contributed by atoms with Gasteiger partial charge in [-0.15, -0.1) is 0 Å². The molecule has 0 spiro atoms. The summed E-state index contributed by atoms with van der Waals surface area (Å²) in [6.45, 7) is 1.98. The molecule has 3 heteroatoms. The lowest BCUT2D eigenvalue weighted by atomic mass is 10.0. The molecule has 2 unspecified atom stereocenters. The van der Waals surface area contributed by atoms with E-state index < -0.39 is 0 Å². The molecule has 1 aliphatic heterocycles. The molecule has 1 aliphatic rings. The first-order valence-corrected chi connectivity index (χ1v) is 4.27. The number of hydrogen-bond donors (Lipinski definition) is 0. The fourth-order valence-corrected chi connectivity index (χ4v) is 1.34. The van der Waals surface area contributed by atoms with Gasteiger partial charge >= 0.3 is 0 Å². The number of ether oxygens (including phenoxy) is 1. The second-order valence-corrected chi connectivity index (χ2v) is 3.09. The van der Waals surface area contributed by atoms with E-state index in [0.29, 0.717) is 0 Å². The maximum atomic E-state index is 5.06. The van der Waals surface area contributed by atoms with E-state index in [1.807, 2.05) is 31.2 Å². The Hall–Kier alpha value is -1.06. The summed E-state index contributed by atoms with van der Waals surface area (Å²) in [6.07, 6.45) is 0.222. The lowest BCUT2D eigenvalue weighted by Gasteiger charge is -2.32. The first-order valence-electron chi connectivity index (χ1n) is 4.27. The largest absolute Gasteiger partial charge is 0.497 e. The van der Waals surface area contributed by atoms with Gasteiger partial charge in [0.2, 0.25) is 0 Å². The van der Waals surface area contributed by atoms with Crippen LogP contribution >= 0.6 is 0 Å². The van der Waals surface area contributed by atoms with Gasteiger partial charge in [0.25, 0.3) is 0 Å². The fraction of sp³-hybridized carbons (Fsp3) is 0.400. The van der Waals surface area contributed by atoms with Crippen LogP contribution < -0.4 is 4.74 Å². The molecular formula is C10H12O3. The summed E-state index contributed by atoms with van der Waals surface area (Å²) in [5, 5.41) is 0. The van der Waals surface area contributed by atoms with Gasteiger partial charge in [-0.25, -0.2) is 9.78 Å². The van der Waals surface area contributed by atoms with Crippen LogP contribution in [0, 0.1) is 0 Å². The molecule has 0 bridgehead atoms. The zero-order valence-corrected chi connectivity index (χ0v) is 7.69. The van der Waals surface area contributed by atoms with E-state index in [4.69, 9.17) is 14.5 Å². The molecule has 13 heavy (non-hydrogen) atoms. The van der Waals surface area contributed by atoms with Crippen molar-refractivity contribution in [2.75, 3.05) is 7.11 Å². The monoisotopic (exact) mass is 180 g/mol. The van der Waals surface area contributed by atoms with Crippen LogP contribution in [0.3, 0.4) is 0 Å². The number of benzene rings is 1. The predicted molar refractivity (Wildman–Crippen MR) is 47.4 cm³/mol. The summed E-state index contributed by atoms with van der Waals surface area (Å²) >= 11 is 0. The Morgan fingerprint density at radius 1 is 1.15 bits per heavy atom. The number of methoxy groups -OCH3 is 1. The van der Waals surface area contributed by atoms with Gasteiger partial charge in [-0.05, 0) is 24.6 Å². The lowest BCUT2D eigenvalue weighted by Crippen LogP contribution is -2.32. The summed E-state index contributed by atoms with van der Waals surface area (Å²) in [6, 6.07) is 7.82. The Kier molecular flexibility index (Phi) is 2.20. The van der Waals surface area contributed by atoms with Crippen molar-refractivity contribution in [2.24, 2.45) is 0 Å². The van der Waals surface area contributed by atoms with Gasteiger partial charge in [0, 0.05) is 0 Å². The molecule has 0 aliphatic carbocycles. The van der Waals surface area contributed by atoms with Crippen LogP contribution in [0.5, 0.6) is 5.75 Å². The van der Waals surface area contributed by atoms with Gasteiger partial charge in [0.05, 0.1) is 7.11 Å². The Morgan fingerprint density at radius 3 is 2.23 bits per heavy atom. The summed E-state index contributed by atoms with van der Waals surface area (Å²) in [4.78, 5) is 9.78. The first-order chi connectivity index (χ1) is 6.31. The van der Waals surface area contributed by atoms with Gasteiger partial charge < -0.3 is 4.74 Å². The van der Waals surface area contributed by atoms with Gasteiger partial charge in [-0.1, -0.05) is 12.1 Å². The molecule has 1 saturated heterocycles. The zero-order chi connectivity index (χ0) is 9.26. The zero-order valence-electron chi connectivity index (χ0n) is 7.69. The maximum absolute atomic E-state index is 5.06. The maximum Gasteiger partial charge on any atom is 0.147 e. The molecule has 0 amide bonds. The van der Waals surface area contributed by atoms with Crippen LogP contribution in [0.25, 0.3) is 0 Å².